The van der Waals surface area contributed by atoms with Crippen molar-refractivity contribution in [2.45, 2.75) is 65.5 Å². The van der Waals surface area contributed by atoms with Gasteiger partial charge < -0.3 is 19.7 Å². The molecule has 0 unspecified atom stereocenters. The molecule has 1 heterocycles. The SMILES string of the molecule is CCOc1ccc(CCN2C(=O)c3ccccc3[C@@H]2C(=O)N[C@@H]2CCC[C@@H](C)[C@@H]2C)cc1OCC. The summed E-state index contributed by atoms with van der Waals surface area (Å²) in [5.41, 5.74) is 2.46. The van der Waals surface area contributed by atoms with Crippen molar-refractivity contribution in [1.82, 2.24) is 10.2 Å². The Morgan fingerprint density at radius 2 is 1.77 bits per heavy atom. The second-order valence-corrected chi connectivity index (χ2v) is 9.77. The monoisotopic (exact) mass is 478 g/mol. The second kappa shape index (κ2) is 11.1. The van der Waals surface area contributed by atoms with Gasteiger partial charge in [0.05, 0.1) is 13.2 Å². The number of ether oxygens (including phenoxy) is 2. The van der Waals surface area contributed by atoms with E-state index in [0.717, 1.165) is 29.7 Å². The lowest BCUT2D eigenvalue weighted by Crippen LogP contribution is -2.48. The van der Waals surface area contributed by atoms with E-state index in [-0.39, 0.29) is 17.9 Å². The molecule has 2 aromatic rings. The highest BCUT2D eigenvalue weighted by Crippen LogP contribution is 2.36. The quantitative estimate of drug-likeness (QED) is 0.540. The number of hydrogen-bond donors (Lipinski definition) is 1. The molecule has 2 aromatic carbocycles. The molecule has 35 heavy (non-hydrogen) atoms. The maximum atomic E-state index is 13.6. The summed E-state index contributed by atoms with van der Waals surface area (Å²) in [6.07, 6.45) is 3.94. The van der Waals surface area contributed by atoms with Crippen LogP contribution in [0, 0.1) is 11.8 Å². The first-order chi connectivity index (χ1) is 16.9. The van der Waals surface area contributed by atoms with E-state index in [0.29, 0.717) is 49.3 Å². The van der Waals surface area contributed by atoms with Gasteiger partial charge in [0.25, 0.3) is 5.91 Å². The molecule has 1 aliphatic carbocycles. The molecule has 0 saturated heterocycles. The van der Waals surface area contributed by atoms with Crippen LogP contribution in [-0.4, -0.2) is 42.5 Å². The molecular weight excluding hydrogens is 440 g/mol. The van der Waals surface area contributed by atoms with Crippen molar-refractivity contribution in [2.24, 2.45) is 11.8 Å². The van der Waals surface area contributed by atoms with Gasteiger partial charge in [0.15, 0.2) is 11.5 Å². The van der Waals surface area contributed by atoms with E-state index in [1.165, 1.54) is 6.42 Å². The summed E-state index contributed by atoms with van der Waals surface area (Å²) in [6.45, 7) is 9.93. The molecule has 0 bridgehead atoms. The third-order valence-corrected chi connectivity index (χ3v) is 7.59. The molecular formula is C29H38N2O4. The first kappa shape index (κ1) is 25.1. The fourth-order valence-corrected chi connectivity index (χ4v) is 5.43. The van der Waals surface area contributed by atoms with Gasteiger partial charge in [0.1, 0.15) is 6.04 Å². The van der Waals surface area contributed by atoms with E-state index in [9.17, 15) is 9.59 Å². The van der Waals surface area contributed by atoms with Crippen LogP contribution in [0.25, 0.3) is 0 Å². The van der Waals surface area contributed by atoms with Crippen molar-refractivity contribution in [1.29, 1.82) is 0 Å². The van der Waals surface area contributed by atoms with Crippen molar-refractivity contribution < 1.29 is 19.1 Å². The number of amides is 2. The van der Waals surface area contributed by atoms with Crippen LogP contribution in [0.15, 0.2) is 42.5 Å². The van der Waals surface area contributed by atoms with E-state index in [4.69, 9.17) is 9.47 Å². The Morgan fingerprint density at radius 1 is 1.03 bits per heavy atom. The van der Waals surface area contributed by atoms with Crippen LogP contribution in [0.1, 0.15) is 74.5 Å². The lowest BCUT2D eigenvalue weighted by molar-refractivity contribution is -0.127. The lowest BCUT2D eigenvalue weighted by Gasteiger charge is -2.36. The van der Waals surface area contributed by atoms with Gasteiger partial charge in [-0.25, -0.2) is 0 Å². The van der Waals surface area contributed by atoms with Gasteiger partial charge in [-0.1, -0.05) is 51.0 Å². The lowest BCUT2D eigenvalue weighted by atomic mass is 9.78. The number of nitrogens with zero attached hydrogens (tertiary/aromatic N) is 1. The Kier molecular flexibility index (Phi) is 7.99. The van der Waals surface area contributed by atoms with Crippen molar-refractivity contribution in [3.05, 3.63) is 59.2 Å². The van der Waals surface area contributed by atoms with Crippen LogP contribution in [0.4, 0.5) is 0 Å². The van der Waals surface area contributed by atoms with E-state index in [2.05, 4.69) is 19.2 Å². The fraction of sp³-hybridized carbons (Fsp3) is 0.517. The standard InChI is InChI=1S/C29H38N2O4/c1-5-34-25-15-14-21(18-26(25)35-6-2)16-17-31-27(22-11-7-8-12-23(22)29(31)33)28(32)30-24-13-9-10-19(3)20(24)4/h7-8,11-12,14-15,18-20,24,27H,5-6,9-10,13,16-17H2,1-4H3,(H,30,32)/t19-,20+,24-,27-/m1/s1. The van der Waals surface area contributed by atoms with Crippen LogP contribution < -0.4 is 14.8 Å². The summed E-state index contributed by atoms with van der Waals surface area (Å²) in [7, 11) is 0. The summed E-state index contributed by atoms with van der Waals surface area (Å²) in [5.74, 6) is 2.28. The number of carbonyl (C=O) groups is 2. The van der Waals surface area contributed by atoms with E-state index in [1.54, 1.807) is 4.90 Å². The highest BCUT2D eigenvalue weighted by Gasteiger charge is 2.42. The molecule has 1 fully saturated rings. The zero-order chi connectivity index (χ0) is 24.9. The molecule has 1 saturated carbocycles. The van der Waals surface area contributed by atoms with Gasteiger partial charge in [-0.3, -0.25) is 9.59 Å². The number of rotatable bonds is 9. The maximum Gasteiger partial charge on any atom is 0.255 e. The van der Waals surface area contributed by atoms with Gasteiger partial charge in [-0.05, 0) is 67.9 Å². The number of benzene rings is 2. The van der Waals surface area contributed by atoms with Crippen LogP contribution >= 0.6 is 0 Å². The number of carbonyl (C=O) groups excluding carboxylic acids is 2. The topological polar surface area (TPSA) is 67.9 Å². The molecule has 4 atom stereocenters. The van der Waals surface area contributed by atoms with Crippen molar-refractivity contribution in [3.63, 3.8) is 0 Å². The molecule has 0 spiro atoms. The Labute approximate surface area is 209 Å². The van der Waals surface area contributed by atoms with Crippen LogP contribution in [-0.2, 0) is 11.2 Å². The summed E-state index contributed by atoms with van der Waals surface area (Å²) in [6, 6.07) is 12.9. The highest BCUT2D eigenvalue weighted by atomic mass is 16.5. The third kappa shape index (κ3) is 5.31. The molecule has 1 aliphatic heterocycles. The second-order valence-electron chi connectivity index (χ2n) is 9.77. The van der Waals surface area contributed by atoms with Crippen molar-refractivity contribution >= 4 is 11.8 Å². The number of fused-ring (bicyclic) bond motifs is 1. The predicted molar refractivity (Wildman–Crippen MR) is 137 cm³/mol. The van der Waals surface area contributed by atoms with E-state index in [1.807, 2.05) is 56.3 Å². The number of hydrogen-bond acceptors (Lipinski definition) is 4. The normalized spacial score (nSPS) is 23.7. The van der Waals surface area contributed by atoms with Gasteiger partial charge >= 0.3 is 0 Å². The van der Waals surface area contributed by atoms with E-state index >= 15 is 0 Å². The van der Waals surface area contributed by atoms with Gasteiger partial charge in [-0.15, -0.1) is 0 Å². The predicted octanol–water partition coefficient (Wildman–Crippen LogP) is 5.16. The van der Waals surface area contributed by atoms with Crippen LogP contribution in [0.5, 0.6) is 11.5 Å². The van der Waals surface area contributed by atoms with Crippen molar-refractivity contribution in [2.75, 3.05) is 19.8 Å². The van der Waals surface area contributed by atoms with Gasteiger partial charge in [0, 0.05) is 18.2 Å². The summed E-state index contributed by atoms with van der Waals surface area (Å²) in [5, 5.41) is 3.31. The first-order valence-corrected chi connectivity index (χ1v) is 13.0. The summed E-state index contributed by atoms with van der Waals surface area (Å²) >= 11 is 0. The van der Waals surface area contributed by atoms with Crippen LogP contribution in [0.3, 0.4) is 0 Å². The summed E-state index contributed by atoms with van der Waals surface area (Å²) in [4.78, 5) is 28.7. The van der Waals surface area contributed by atoms with Gasteiger partial charge in [0.2, 0.25) is 5.91 Å². The third-order valence-electron chi connectivity index (χ3n) is 7.59. The molecule has 0 radical (unpaired) electrons. The molecule has 6 heteroatoms. The molecule has 2 aliphatic rings. The average molecular weight is 479 g/mol. The molecule has 6 nitrogen and oxygen atoms in total. The minimum atomic E-state index is -0.600. The zero-order valence-electron chi connectivity index (χ0n) is 21.4. The van der Waals surface area contributed by atoms with E-state index < -0.39 is 6.04 Å². The largest absolute Gasteiger partial charge is 0.490 e. The van der Waals surface area contributed by atoms with Crippen LogP contribution in [0.2, 0.25) is 0 Å². The summed E-state index contributed by atoms with van der Waals surface area (Å²) < 4.78 is 11.4. The molecule has 4 rings (SSSR count). The fourth-order valence-electron chi connectivity index (χ4n) is 5.43. The van der Waals surface area contributed by atoms with Crippen molar-refractivity contribution in [3.8, 4) is 11.5 Å². The molecule has 0 aromatic heterocycles. The number of nitrogens with one attached hydrogen (secondary N) is 1. The smallest absolute Gasteiger partial charge is 0.255 e. The highest BCUT2D eigenvalue weighted by molar-refractivity contribution is 6.04. The Hall–Kier alpha value is -3.02. The Morgan fingerprint density at radius 3 is 2.54 bits per heavy atom. The first-order valence-electron chi connectivity index (χ1n) is 13.0. The molecule has 2 amide bonds. The maximum absolute atomic E-state index is 13.6. The average Bonchev–Trinajstić information content (AvgIpc) is 3.14. The molecule has 188 valence electrons. The Balaban J connectivity index is 1.53. The zero-order valence-corrected chi connectivity index (χ0v) is 21.4. The minimum Gasteiger partial charge on any atom is -0.490 e. The Bertz CT molecular complexity index is 1050. The minimum absolute atomic E-state index is 0.0732. The van der Waals surface area contributed by atoms with Gasteiger partial charge in [-0.2, -0.15) is 0 Å². The molecule has 1 N–H and O–H groups in total.